The van der Waals surface area contributed by atoms with Gasteiger partial charge in [0.25, 0.3) is 0 Å². The van der Waals surface area contributed by atoms with Gasteiger partial charge in [-0.05, 0) is 35.6 Å². The largest absolute Gasteiger partial charge is 0.496 e. The van der Waals surface area contributed by atoms with Crippen LogP contribution in [0.25, 0.3) is 10.9 Å². The highest BCUT2D eigenvalue weighted by molar-refractivity contribution is 14.1. The average molecular weight is 384 g/mol. The molecule has 3 nitrogen and oxygen atoms in total. The van der Waals surface area contributed by atoms with Crippen LogP contribution in [0.3, 0.4) is 0 Å². The zero-order valence-corrected chi connectivity index (χ0v) is 12.7. The van der Waals surface area contributed by atoms with Crippen LogP contribution in [0.1, 0.15) is 18.4 Å². The summed E-state index contributed by atoms with van der Waals surface area (Å²) in [5.41, 5.74) is 0.882. The molecule has 7 heteroatoms. The van der Waals surface area contributed by atoms with E-state index >= 15 is 0 Å². The van der Waals surface area contributed by atoms with E-state index in [4.69, 9.17) is 4.74 Å². The molecule has 2 aromatic rings. The van der Waals surface area contributed by atoms with Gasteiger partial charge in [0, 0.05) is 12.6 Å². The summed E-state index contributed by atoms with van der Waals surface area (Å²) in [6.07, 6.45) is -4.30. The van der Waals surface area contributed by atoms with E-state index in [1.165, 1.54) is 13.2 Å². The fourth-order valence-corrected chi connectivity index (χ4v) is 2.88. The summed E-state index contributed by atoms with van der Waals surface area (Å²) < 4.78 is 46.1. The molecule has 1 atom stereocenters. The fraction of sp³-hybridized carbons (Fsp3) is 0.417. The zero-order chi connectivity index (χ0) is 14.4. The maximum atomic E-state index is 12.9. The molecule has 0 saturated carbocycles. The second-order valence-corrected chi connectivity index (χ2v) is 5.28. The van der Waals surface area contributed by atoms with Crippen molar-refractivity contribution in [3.63, 3.8) is 0 Å². The lowest BCUT2D eigenvalue weighted by atomic mass is 9.98. The van der Waals surface area contributed by atoms with Gasteiger partial charge in [0.05, 0.1) is 23.9 Å². The summed E-state index contributed by atoms with van der Waals surface area (Å²) in [4.78, 5) is 0. The lowest BCUT2D eigenvalue weighted by Gasteiger charge is -2.19. The van der Waals surface area contributed by atoms with E-state index in [9.17, 15) is 13.2 Å². The van der Waals surface area contributed by atoms with Crippen LogP contribution in [0.4, 0.5) is 13.2 Å². The number of rotatable bonds is 2. The summed E-state index contributed by atoms with van der Waals surface area (Å²) in [6, 6.07) is 3.10. The predicted molar refractivity (Wildman–Crippen MR) is 74.5 cm³/mol. The Morgan fingerprint density at radius 1 is 1.37 bits per heavy atom. The highest BCUT2D eigenvalue weighted by atomic mass is 127. The van der Waals surface area contributed by atoms with E-state index in [1.54, 1.807) is 17.8 Å². The van der Waals surface area contributed by atoms with Crippen molar-refractivity contribution in [2.45, 2.75) is 19.0 Å². The second kappa shape index (κ2) is 4.84. The Labute approximate surface area is 121 Å². The third-order valence-corrected chi connectivity index (χ3v) is 3.88. The normalized spacial score (nSPS) is 13.8. The van der Waals surface area contributed by atoms with E-state index < -0.39 is 12.1 Å². The summed E-state index contributed by atoms with van der Waals surface area (Å²) >= 11 is 2.00. The quantitative estimate of drug-likeness (QED) is 0.736. The summed E-state index contributed by atoms with van der Waals surface area (Å²) in [5, 5.41) is 4.83. The number of hydrogen-bond donors (Lipinski definition) is 0. The Kier molecular flexibility index (Phi) is 3.67. The van der Waals surface area contributed by atoms with Gasteiger partial charge < -0.3 is 4.74 Å². The zero-order valence-electron chi connectivity index (χ0n) is 10.5. The number of aryl methyl sites for hydroxylation is 1. The average Bonchev–Trinajstić information content (AvgIpc) is 2.62. The van der Waals surface area contributed by atoms with Gasteiger partial charge in [-0.1, -0.05) is 6.07 Å². The molecule has 1 aromatic heterocycles. The molecule has 0 amide bonds. The molecule has 1 heterocycles. The molecule has 0 spiro atoms. The smallest absolute Gasteiger partial charge is 0.395 e. The number of nitrogens with zero attached hydrogens (tertiary/aromatic N) is 2. The maximum Gasteiger partial charge on any atom is 0.395 e. The minimum absolute atomic E-state index is 0.133. The van der Waals surface area contributed by atoms with Gasteiger partial charge in [-0.25, -0.2) is 0 Å². The van der Waals surface area contributed by atoms with E-state index in [2.05, 4.69) is 5.10 Å². The molecule has 2 rings (SSSR count). The fourth-order valence-electron chi connectivity index (χ4n) is 2.03. The molecule has 0 aliphatic heterocycles. The Balaban J connectivity index is 2.74. The molecule has 0 N–H and O–H groups in total. The Bertz CT molecular complexity index is 621. The van der Waals surface area contributed by atoms with E-state index in [0.29, 0.717) is 9.09 Å². The van der Waals surface area contributed by atoms with Crippen molar-refractivity contribution >= 4 is 33.5 Å². The monoisotopic (exact) mass is 384 g/mol. The van der Waals surface area contributed by atoms with Crippen molar-refractivity contribution in [2.75, 3.05) is 7.11 Å². The van der Waals surface area contributed by atoms with Crippen molar-refractivity contribution in [3.8, 4) is 5.75 Å². The molecule has 0 aliphatic rings. The van der Waals surface area contributed by atoms with E-state index in [0.717, 1.165) is 12.4 Å². The van der Waals surface area contributed by atoms with Crippen LogP contribution >= 0.6 is 22.6 Å². The summed E-state index contributed by atoms with van der Waals surface area (Å²) in [6.45, 7) is 1.13. The van der Waals surface area contributed by atoms with Gasteiger partial charge in [0.15, 0.2) is 0 Å². The van der Waals surface area contributed by atoms with Crippen LogP contribution in [0.5, 0.6) is 5.75 Å². The molecule has 1 unspecified atom stereocenters. The minimum atomic E-state index is -4.30. The van der Waals surface area contributed by atoms with Crippen LogP contribution in [-0.4, -0.2) is 23.1 Å². The number of ether oxygens (including phenoxy) is 1. The molecular formula is C12H12F3IN2O. The Hall–Kier alpha value is -0.990. The third-order valence-electron chi connectivity index (χ3n) is 3.12. The first-order chi connectivity index (χ1) is 8.77. The van der Waals surface area contributed by atoms with Gasteiger partial charge >= 0.3 is 6.18 Å². The third kappa shape index (κ3) is 2.39. The number of aromatic nitrogens is 2. The molecule has 0 saturated heterocycles. The van der Waals surface area contributed by atoms with Crippen LogP contribution in [0, 0.1) is 3.70 Å². The molecule has 0 radical (unpaired) electrons. The van der Waals surface area contributed by atoms with Crippen LogP contribution in [-0.2, 0) is 7.05 Å². The van der Waals surface area contributed by atoms with Crippen molar-refractivity contribution in [1.29, 1.82) is 0 Å². The van der Waals surface area contributed by atoms with Crippen LogP contribution < -0.4 is 4.74 Å². The SMILES string of the molecule is COc1c(C(C)C(F)(F)F)ccc2c1c(I)nn2C. The highest BCUT2D eigenvalue weighted by Gasteiger charge is 2.39. The Morgan fingerprint density at radius 3 is 2.53 bits per heavy atom. The minimum Gasteiger partial charge on any atom is -0.496 e. The van der Waals surface area contributed by atoms with E-state index in [-0.39, 0.29) is 11.3 Å². The Morgan fingerprint density at radius 2 is 2.00 bits per heavy atom. The first-order valence-corrected chi connectivity index (χ1v) is 6.61. The molecule has 0 bridgehead atoms. The van der Waals surface area contributed by atoms with Gasteiger partial charge in [-0.2, -0.15) is 18.3 Å². The maximum absolute atomic E-state index is 12.9. The number of hydrogen-bond acceptors (Lipinski definition) is 2. The van der Waals surface area contributed by atoms with E-state index in [1.807, 2.05) is 22.6 Å². The first-order valence-electron chi connectivity index (χ1n) is 5.53. The molecule has 0 fully saturated rings. The van der Waals surface area contributed by atoms with Crippen molar-refractivity contribution < 1.29 is 17.9 Å². The molecule has 1 aromatic carbocycles. The van der Waals surface area contributed by atoms with Crippen molar-refractivity contribution in [3.05, 3.63) is 21.4 Å². The number of alkyl halides is 3. The van der Waals surface area contributed by atoms with Crippen LogP contribution in [0.2, 0.25) is 0 Å². The number of fused-ring (bicyclic) bond motifs is 1. The van der Waals surface area contributed by atoms with Crippen molar-refractivity contribution in [2.24, 2.45) is 7.05 Å². The lowest BCUT2D eigenvalue weighted by Crippen LogP contribution is -2.18. The summed E-state index contributed by atoms with van der Waals surface area (Å²) in [7, 11) is 3.13. The van der Waals surface area contributed by atoms with Crippen LogP contribution in [0.15, 0.2) is 12.1 Å². The summed E-state index contributed by atoms with van der Waals surface area (Å²) in [5.74, 6) is -1.33. The van der Waals surface area contributed by atoms with Gasteiger partial charge in [-0.3, -0.25) is 4.68 Å². The second-order valence-electron chi connectivity index (χ2n) is 4.26. The number of halogens is 4. The predicted octanol–water partition coefficient (Wildman–Crippen LogP) is 3.85. The van der Waals surface area contributed by atoms with Crippen molar-refractivity contribution in [1.82, 2.24) is 9.78 Å². The molecule has 104 valence electrons. The van der Waals surface area contributed by atoms with Gasteiger partial charge in [0.1, 0.15) is 9.45 Å². The number of benzene rings is 1. The molecular weight excluding hydrogens is 372 g/mol. The first kappa shape index (κ1) is 14.4. The van der Waals surface area contributed by atoms with Gasteiger partial charge in [0.2, 0.25) is 0 Å². The topological polar surface area (TPSA) is 27.1 Å². The molecule has 19 heavy (non-hydrogen) atoms. The van der Waals surface area contributed by atoms with Gasteiger partial charge in [-0.15, -0.1) is 0 Å². The number of methoxy groups -OCH3 is 1. The highest BCUT2D eigenvalue weighted by Crippen LogP contribution is 2.42. The lowest BCUT2D eigenvalue weighted by molar-refractivity contribution is -0.146. The molecule has 0 aliphatic carbocycles. The standard InChI is InChI=1S/C12H12F3IN2O/c1-6(12(13,14)15)7-4-5-8-9(10(7)19-3)11(16)17-18(8)2/h4-6H,1-3H3.